The summed E-state index contributed by atoms with van der Waals surface area (Å²) in [7, 11) is 0. The van der Waals surface area contributed by atoms with Crippen molar-refractivity contribution in [3.8, 4) is 10.6 Å². The first-order chi connectivity index (χ1) is 13.1. The van der Waals surface area contributed by atoms with Gasteiger partial charge in [-0.3, -0.25) is 0 Å². The summed E-state index contributed by atoms with van der Waals surface area (Å²) in [4.78, 5) is 17.0. The van der Waals surface area contributed by atoms with Gasteiger partial charge in [-0.25, -0.2) is 9.78 Å². The van der Waals surface area contributed by atoms with E-state index in [1.807, 2.05) is 67.6 Å². The molecule has 1 aromatic heterocycles. The number of nitrogens with zero attached hydrogens (tertiary/aromatic N) is 1. The highest BCUT2D eigenvalue weighted by molar-refractivity contribution is 9.10. The third-order valence-electron chi connectivity index (χ3n) is 4.10. The molecule has 0 saturated carbocycles. The first kappa shape index (κ1) is 17.7. The summed E-state index contributed by atoms with van der Waals surface area (Å²) in [6.45, 7) is 1.98. The number of hydrogen-bond donors (Lipinski definition) is 2. The fourth-order valence-corrected chi connectivity index (χ4v) is 4.14. The number of nitrogens with one attached hydrogen (secondary N) is 2. The number of rotatable bonds is 3. The Bertz CT molecular complexity index is 1110. The molecule has 27 heavy (non-hydrogen) atoms. The molecule has 134 valence electrons. The normalized spacial score (nSPS) is 10.7. The second-order valence-electron chi connectivity index (χ2n) is 6.11. The first-order valence-electron chi connectivity index (χ1n) is 8.39. The van der Waals surface area contributed by atoms with Crippen molar-refractivity contribution in [3.05, 3.63) is 76.8 Å². The number of aryl methyl sites for hydroxylation is 1. The molecule has 3 aromatic carbocycles. The maximum atomic E-state index is 12.3. The Kier molecular flexibility index (Phi) is 4.92. The molecule has 0 aliphatic rings. The van der Waals surface area contributed by atoms with Crippen LogP contribution in [0.15, 0.2) is 71.2 Å². The number of anilines is 2. The van der Waals surface area contributed by atoms with Crippen molar-refractivity contribution in [1.82, 2.24) is 4.98 Å². The molecule has 0 unspecified atom stereocenters. The van der Waals surface area contributed by atoms with Gasteiger partial charge in [-0.05, 0) is 61.0 Å². The standard InChI is InChI=1S/C21H16BrN3OS/c1-13-11-14(20-24-18-7-2-3-8-19(18)27-20)9-10-17(13)25-21(26)23-16-6-4-5-15(22)12-16/h2-12H,1H3,(H2,23,25,26). The van der Waals surface area contributed by atoms with Crippen LogP contribution in [0, 0.1) is 6.92 Å². The zero-order valence-corrected chi connectivity index (χ0v) is 16.9. The Hall–Kier alpha value is -2.70. The fourth-order valence-electron chi connectivity index (χ4n) is 2.78. The predicted octanol–water partition coefficient (Wildman–Crippen LogP) is 6.68. The van der Waals surface area contributed by atoms with E-state index in [9.17, 15) is 4.79 Å². The zero-order chi connectivity index (χ0) is 18.8. The van der Waals surface area contributed by atoms with Crippen molar-refractivity contribution >= 4 is 54.9 Å². The van der Waals surface area contributed by atoms with E-state index in [0.717, 1.165) is 37.5 Å². The van der Waals surface area contributed by atoms with E-state index in [-0.39, 0.29) is 6.03 Å². The monoisotopic (exact) mass is 437 g/mol. The SMILES string of the molecule is Cc1cc(-c2nc3ccccc3s2)ccc1NC(=O)Nc1cccc(Br)c1. The van der Waals surface area contributed by atoms with E-state index < -0.39 is 0 Å². The molecule has 1 heterocycles. The first-order valence-corrected chi connectivity index (χ1v) is 9.99. The van der Waals surface area contributed by atoms with Crippen molar-refractivity contribution in [3.63, 3.8) is 0 Å². The van der Waals surface area contributed by atoms with Crippen molar-refractivity contribution in [2.24, 2.45) is 0 Å². The fraction of sp³-hybridized carbons (Fsp3) is 0.0476. The highest BCUT2D eigenvalue weighted by Gasteiger charge is 2.10. The molecule has 0 radical (unpaired) electrons. The average Bonchev–Trinajstić information content (AvgIpc) is 3.07. The Morgan fingerprint density at radius 2 is 1.85 bits per heavy atom. The summed E-state index contributed by atoms with van der Waals surface area (Å²) in [5, 5.41) is 6.71. The summed E-state index contributed by atoms with van der Waals surface area (Å²) in [6.07, 6.45) is 0. The van der Waals surface area contributed by atoms with Crippen molar-refractivity contribution < 1.29 is 4.79 Å². The number of hydrogen-bond acceptors (Lipinski definition) is 3. The van der Waals surface area contributed by atoms with Crippen molar-refractivity contribution in [2.75, 3.05) is 10.6 Å². The summed E-state index contributed by atoms with van der Waals surface area (Å²) in [5.74, 6) is 0. The van der Waals surface area contributed by atoms with E-state index in [4.69, 9.17) is 4.98 Å². The van der Waals surface area contributed by atoms with E-state index >= 15 is 0 Å². The Morgan fingerprint density at radius 3 is 2.63 bits per heavy atom. The number of fused-ring (bicyclic) bond motifs is 1. The molecule has 6 heteroatoms. The maximum absolute atomic E-state index is 12.3. The van der Waals surface area contributed by atoms with E-state index in [1.165, 1.54) is 4.70 Å². The summed E-state index contributed by atoms with van der Waals surface area (Å²) >= 11 is 5.06. The minimum absolute atomic E-state index is 0.274. The Balaban J connectivity index is 1.52. The molecule has 0 aliphatic heterocycles. The van der Waals surface area contributed by atoms with Gasteiger partial charge < -0.3 is 10.6 Å². The zero-order valence-electron chi connectivity index (χ0n) is 14.5. The van der Waals surface area contributed by atoms with Gasteiger partial charge in [0.05, 0.1) is 10.2 Å². The molecule has 4 aromatic rings. The van der Waals surface area contributed by atoms with Gasteiger partial charge in [-0.1, -0.05) is 34.1 Å². The number of carbonyl (C=O) groups is 1. The van der Waals surface area contributed by atoms with Crippen LogP contribution in [0.25, 0.3) is 20.8 Å². The maximum Gasteiger partial charge on any atom is 0.323 e. The van der Waals surface area contributed by atoms with Crippen LogP contribution in [0.4, 0.5) is 16.2 Å². The quantitative estimate of drug-likeness (QED) is 0.375. The summed E-state index contributed by atoms with van der Waals surface area (Å²) < 4.78 is 2.08. The molecule has 0 bridgehead atoms. The number of aromatic nitrogens is 1. The number of halogens is 1. The number of urea groups is 1. The van der Waals surface area contributed by atoms with Crippen LogP contribution in [0.3, 0.4) is 0 Å². The van der Waals surface area contributed by atoms with Gasteiger partial charge >= 0.3 is 6.03 Å². The smallest absolute Gasteiger partial charge is 0.308 e. The highest BCUT2D eigenvalue weighted by Crippen LogP contribution is 2.32. The number of amides is 2. The lowest BCUT2D eigenvalue weighted by atomic mass is 10.1. The third kappa shape index (κ3) is 4.02. The van der Waals surface area contributed by atoms with Crippen LogP contribution < -0.4 is 10.6 Å². The molecule has 0 atom stereocenters. The third-order valence-corrected chi connectivity index (χ3v) is 5.68. The van der Waals surface area contributed by atoms with E-state index in [1.54, 1.807) is 11.3 Å². The number of benzene rings is 3. The van der Waals surface area contributed by atoms with Crippen LogP contribution >= 0.6 is 27.3 Å². The van der Waals surface area contributed by atoms with Gasteiger partial charge in [0.2, 0.25) is 0 Å². The molecule has 0 fully saturated rings. The Labute approximate surface area is 169 Å². The lowest BCUT2D eigenvalue weighted by Crippen LogP contribution is -2.19. The van der Waals surface area contributed by atoms with Crippen molar-refractivity contribution in [2.45, 2.75) is 6.92 Å². The van der Waals surface area contributed by atoms with Crippen molar-refractivity contribution in [1.29, 1.82) is 0 Å². The summed E-state index contributed by atoms with van der Waals surface area (Å²) in [5.41, 5.74) is 4.53. The second kappa shape index (κ2) is 7.50. The molecular formula is C21H16BrN3OS. The molecule has 0 saturated heterocycles. The van der Waals surface area contributed by atoms with Crippen LogP contribution in [-0.2, 0) is 0 Å². The van der Waals surface area contributed by atoms with Gasteiger partial charge in [0.1, 0.15) is 5.01 Å². The van der Waals surface area contributed by atoms with Crippen LogP contribution in [0.5, 0.6) is 0 Å². The lowest BCUT2D eigenvalue weighted by molar-refractivity contribution is 0.262. The topological polar surface area (TPSA) is 54.0 Å². The largest absolute Gasteiger partial charge is 0.323 e. The summed E-state index contributed by atoms with van der Waals surface area (Å²) in [6, 6.07) is 21.3. The number of carbonyl (C=O) groups excluding carboxylic acids is 1. The number of para-hydroxylation sites is 1. The van der Waals surface area contributed by atoms with Crippen LogP contribution in [0.2, 0.25) is 0 Å². The van der Waals surface area contributed by atoms with Gasteiger partial charge in [-0.15, -0.1) is 11.3 Å². The molecule has 0 spiro atoms. The number of thiazole rings is 1. The minimum Gasteiger partial charge on any atom is -0.308 e. The molecule has 4 rings (SSSR count). The van der Waals surface area contributed by atoms with Crippen LogP contribution in [0.1, 0.15) is 5.56 Å². The molecule has 2 amide bonds. The van der Waals surface area contributed by atoms with Crippen LogP contribution in [-0.4, -0.2) is 11.0 Å². The second-order valence-corrected chi connectivity index (χ2v) is 8.05. The van der Waals surface area contributed by atoms with E-state index in [2.05, 4.69) is 32.6 Å². The lowest BCUT2D eigenvalue weighted by Gasteiger charge is -2.11. The molecule has 2 N–H and O–H groups in total. The average molecular weight is 438 g/mol. The van der Waals surface area contributed by atoms with E-state index in [0.29, 0.717) is 0 Å². The van der Waals surface area contributed by atoms with Gasteiger partial charge in [0.25, 0.3) is 0 Å². The molecular weight excluding hydrogens is 422 g/mol. The predicted molar refractivity (Wildman–Crippen MR) is 117 cm³/mol. The molecule has 4 nitrogen and oxygen atoms in total. The Morgan fingerprint density at radius 1 is 1.00 bits per heavy atom. The highest BCUT2D eigenvalue weighted by atomic mass is 79.9. The van der Waals surface area contributed by atoms with Gasteiger partial charge in [0, 0.05) is 21.4 Å². The minimum atomic E-state index is -0.274. The van der Waals surface area contributed by atoms with Gasteiger partial charge in [0.15, 0.2) is 0 Å². The molecule has 0 aliphatic carbocycles. The van der Waals surface area contributed by atoms with Gasteiger partial charge in [-0.2, -0.15) is 0 Å².